The highest BCUT2D eigenvalue weighted by Crippen LogP contribution is 2.45. The first-order valence-corrected chi connectivity index (χ1v) is 8.48. The molecule has 2 aliphatic heterocycles. The number of hydrogen-bond acceptors (Lipinski definition) is 5. The number of hydrogen-bond donors (Lipinski definition) is 2. The number of nitrogens with zero attached hydrogens (tertiary/aromatic N) is 1. The Kier molecular flexibility index (Phi) is 4.26. The molecule has 138 valence electrons. The summed E-state index contributed by atoms with van der Waals surface area (Å²) in [4.78, 5) is 37.4. The lowest BCUT2D eigenvalue weighted by atomic mass is 9.79. The van der Waals surface area contributed by atoms with Gasteiger partial charge in [0, 0.05) is 29.9 Å². The smallest absolute Gasteiger partial charge is 0.328 e. The van der Waals surface area contributed by atoms with Gasteiger partial charge in [-0.05, 0) is 43.9 Å². The Hall–Kier alpha value is -2.83. The quantitative estimate of drug-likeness (QED) is 0.626. The first-order chi connectivity index (χ1) is 12.1. The largest absolute Gasteiger partial charge is 0.496 e. The number of anilines is 1. The number of fused-ring (bicyclic) bond motifs is 1. The number of amides is 4. The Labute approximate surface area is 152 Å². The summed E-state index contributed by atoms with van der Waals surface area (Å²) in [5, 5.41) is 4.16. The fraction of sp³-hybridized carbons (Fsp3) is 0.421. The summed E-state index contributed by atoms with van der Waals surface area (Å²) >= 11 is 0. The lowest BCUT2D eigenvalue weighted by Gasteiger charge is -2.45. The van der Waals surface area contributed by atoms with Crippen LogP contribution in [0.15, 0.2) is 17.7 Å². The number of carbonyl (C=O) groups excluding carboxylic acids is 3. The third kappa shape index (κ3) is 2.94. The zero-order valence-electron chi connectivity index (χ0n) is 15.6. The van der Waals surface area contributed by atoms with E-state index in [1.54, 1.807) is 7.11 Å². The fourth-order valence-corrected chi connectivity index (χ4v) is 3.66. The Balaban J connectivity index is 2.11. The Bertz CT molecular complexity index is 819. The molecule has 0 saturated carbocycles. The van der Waals surface area contributed by atoms with Crippen molar-refractivity contribution in [2.24, 2.45) is 0 Å². The summed E-state index contributed by atoms with van der Waals surface area (Å²) in [6, 6.07) is 3.07. The zero-order valence-corrected chi connectivity index (χ0v) is 15.6. The minimum absolute atomic E-state index is 0.0148. The highest BCUT2D eigenvalue weighted by atomic mass is 16.5. The summed E-state index contributed by atoms with van der Waals surface area (Å²) in [5.41, 5.74) is 2.72. The molecule has 1 atom stereocenters. The Morgan fingerprint density at radius 3 is 2.38 bits per heavy atom. The van der Waals surface area contributed by atoms with Gasteiger partial charge in [0.1, 0.15) is 11.3 Å². The molecule has 7 nitrogen and oxygen atoms in total. The van der Waals surface area contributed by atoms with Crippen molar-refractivity contribution in [1.29, 1.82) is 0 Å². The van der Waals surface area contributed by atoms with E-state index in [2.05, 4.69) is 43.4 Å². The third-order valence-electron chi connectivity index (χ3n) is 5.23. The number of imide groups is 2. The third-order valence-corrected chi connectivity index (χ3v) is 5.23. The van der Waals surface area contributed by atoms with Crippen LogP contribution in [0.4, 0.5) is 10.5 Å². The molecule has 3 rings (SSSR count). The van der Waals surface area contributed by atoms with Crippen LogP contribution in [0.3, 0.4) is 0 Å². The second-order valence-corrected chi connectivity index (χ2v) is 7.42. The fourth-order valence-electron chi connectivity index (χ4n) is 3.66. The van der Waals surface area contributed by atoms with E-state index in [0.717, 1.165) is 17.7 Å². The van der Waals surface area contributed by atoms with Crippen molar-refractivity contribution in [2.75, 3.05) is 19.1 Å². The molecule has 1 saturated heterocycles. The topological polar surface area (TPSA) is 87.7 Å². The predicted octanol–water partition coefficient (Wildman–Crippen LogP) is 2.17. The van der Waals surface area contributed by atoms with E-state index in [9.17, 15) is 14.4 Å². The van der Waals surface area contributed by atoms with Crippen LogP contribution >= 0.6 is 0 Å². The first-order valence-electron chi connectivity index (χ1n) is 8.48. The van der Waals surface area contributed by atoms with E-state index < -0.39 is 17.8 Å². The first kappa shape index (κ1) is 18.0. The normalized spacial score (nSPS) is 21.7. The molecule has 0 spiro atoms. The van der Waals surface area contributed by atoms with Crippen LogP contribution in [0.25, 0.3) is 6.08 Å². The molecule has 0 aliphatic carbocycles. The molecule has 1 aromatic rings. The maximum Gasteiger partial charge on any atom is 0.328 e. The van der Waals surface area contributed by atoms with Crippen LogP contribution in [0, 0.1) is 0 Å². The molecule has 2 heterocycles. The number of urea groups is 1. The minimum atomic E-state index is -0.813. The van der Waals surface area contributed by atoms with Gasteiger partial charge in [0.2, 0.25) is 0 Å². The average molecular weight is 357 g/mol. The van der Waals surface area contributed by atoms with Gasteiger partial charge in [0.15, 0.2) is 0 Å². The monoisotopic (exact) mass is 357 g/mol. The van der Waals surface area contributed by atoms with Gasteiger partial charge in [-0.25, -0.2) is 4.79 Å². The van der Waals surface area contributed by atoms with Gasteiger partial charge in [-0.15, -0.1) is 0 Å². The predicted molar refractivity (Wildman–Crippen MR) is 98.2 cm³/mol. The molecular formula is C19H23N3O4. The molecule has 1 fully saturated rings. The number of benzene rings is 1. The second kappa shape index (κ2) is 6.16. The van der Waals surface area contributed by atoms with Crippen LogP contribution < -0.4 is 20.3 Å². The van der Waals surface area contributed by atoms with E-state index in [1.807, 2.05) is 12.1 Å². The van der Waals surface area contributed by atoms with Gasteiger partial charge >= 0.3 is 6.03 Å². The zero-order chi connectivity index (χ0) is 19.2. The lowest BCUT2D eigenvalue weighted by Crippen LogP contribution is -2.51. The average Bonchev–Trinajstić information content (AvgIpc) is 2.55. The number of barbiturate groups is 1. The number of nitrogens with one attached hydrogen (secondary N) is 2. The van der Waals surface area contributed by atoms with Crippen molar-refractivity contribution in [2.45, 2.75) is 38.6 Å². The van der Waals surface area contributed by atoms with Gasteiger partial charge in [-0.2, -0.15) is 0 Å². The summed E-state index contributed by atoms with van der Waals surface area (Å²) in [6.07, 6.45) is 2.44. The van der Waals surface area contributed by atoms with E-state index in [0.29, 0.717) is 17.2 Å². The van der Waals surface area contributed by atoms with Crippen molar-refractivity contribution >= 4 is 29.6 Å². The number of methoxy groups -OCH3 is 1. The van der Waals surface area contributed by atoms with E-state index in [1.165, 1.54) is 6.08 Å². The van der Waals surface area contributed by atoms with Crippen LogP contribution in [0.2, 0.25) is 0 Å². The summed E-state index contributed by atoms with van der Waals surface area (Å²) in [5.74, 6) is -0.560. The van der Waals surface area contributed by atoms with Gasteiger partial charge in [0.05, 0.1) is 7.11 Å². The minimum Gasteiger partial charge on any atom is -0.496 e. The van der Waals surface area contributed by atoms with Crippen molar-refractivity contribution in [1.82, 2.24) is 10.6 Å². The van der Waals surface area contributed by atoms with E-state index in [-0.39, 0.29) is 11.1 Å². The van der Waals surface area contributed by atoms with Gasteiger partial charge in [0.25, 0.3) is 11.8 Å². The molecule has 2 N–H and O–H groups in total. The lowest BCUT2D eigenvalue weighted by molar-refractivity contribution is -0.123. The summed E-state index contributed by atoms with van der Waals surface area (Å²) < 4.78 is 5.49. The van der Waals surface area contributed by atoms with E-state index >= 15 is 0 Å². The van der Waals surface area contributed by atoms with Gasteiger partial charge in [-0.1, -0.05) is 6.92 Å². The van der Waals surface area contributed by atoms with Crippen molar-refractivity contribution in [3.63, 3.8) is 0 Å². The highest BCUT2D eigenvalue weighted by Gasteiger charge is 2.35. The van der Waals surface area contributed by atoms with Gasteiger partial charge < -0.3 is 9.64 Å². The molecular weight excluding hydrogens is 334 g/mol. The van der Waals surface area contributed by atoms with Crippen LogP contribution in [0.5, 0.6) is 5.75 Å². The maximum absolute atomic E-state index is 12.0. The molecule has 0 bridgehead atoms. The van der Waals surface area contributed by atoms with Crippen molar-refractivity contribution < 1.29 is 19.1 Å². The molecule has 2 aliphatic rings. The second-order valence-electron chi connectivity index (χ2n) is 7.42. The molecule has 26 heavy (non-hydrogen) atoms. The maximum atomic E-state index is 12.0. The van der Waals surface area contributed by atoms with E-state index in [4.69, 9.17) is 4.74 Å². The standard InChI is InChI=1S/C19H23N3O4/c1-10-9-19(2,3)22(4)14-8-15(26-5)11(6-12(10)14)7-13-16(23)20-18(25)21-17(13)24/h6-8,10H,9H2,1-5H3,(H2,20,21,23,24,25). The number of ether oxygens (including phenoxy) is 1. The molecule has 7 heteroatoms. The van der Waals surface area contributed by atoms with Gasteiger partial charge in [-0.3, -0.25) is 20.2 Å². The number of rotatable bonds is 2. The molecule has 0 radical (unpaired) electrons. The summed E-state index contributed by atoms with van der Waals surface area (Å²) in [7, 11) is 3.60. The molecule has 4 amide bonds. The Morgan fingerprint density at radius 2 is 1.81 bits per heavy atom. The van der Waals surface area contributed by atoms with Crippen LogP contribution in [-0.4, -0.2) is 37.5 Å². The Morgan fingerprint density at radius 1 is 1.19 bits per heavy atom. The molecule has 0 aromatic heterocycles. The molecule has 1 unspecified atom stereocenters. The van der Waals surface area contributed by atoms with Crippen LogP contribution in [-0.2, 0) is 9.59 Å². The SMILES string of the molecule is COc1cc2c(cc1C=C1C(=O)NC(=O)NC1=O)C(C)CC(C)(C)N2C. The highest BCUT2D eigenvalue weighted by molar-refractivity contribution is 6.31. The van der Waals surface area contributed by atoms with Crippen molar-refractivity contribution in [3.05, 3.63) is 28.8 Å². The van der Waals surface area contributed by atoms with Crippen LogP contribution in [0.1, 0.15) is 44.2 Å². The number of carbonyl (C=O) groups is 3. The molecule has 1 aromatic carbocycles. The summed E-state index contributed by atoms with van der Waals surface area (Å²) in [6.45, 7) is 6.56. The van der Waals surface area contributed by atoms with Crippen molar-refractivity contribution in [3.8, 4) is 5.75 Å².